The lowest BCUT2D eigenvalue weighted by atomic mass is 9.93. The normalized spacial score (nSPS) is 10.9. The first kappa shape index (κ1) is 15.2. The zero-order chi connectivity index (χ0) is 13.3. The van der Waals surface area contributed by atoms with Gasteiger partial charge in [0.1, 0.15) is 12.0 Å². The average Bonchev–Trinajstić information content (AvgIpc) is 2.31. The minimum absolute atomic E-state index is 0.0798. The van der Waals surface area contributed by atoms with Crippen LogP contribution in [0.15, 0.2) is 24.3 Å². The van der Waals surface area contributed by atoms with E-state index in [1.165, 1.54) is 12.1 Å². The molecule has 4 heteroatoms. The Bertz CT molecular complexity index is 343. The molecule has 0 aliphatic carbocycles. The molecule has 1 unspecified atom stereocenters. The molecule has 1 aromatic rings. The highest BCUT2D eigenvalue weighted by Gasteiger charge is 2.14. The largest absolute Gasteiger partial charge is 0.508 e. The molecule has 1 rings (SSSR count). The van der Waals surface area contributed by atoms with Gasteiger partial charge in [0.15, 0.2) is 0 Å². The first-order valence-electron chi connectivity index (χ1n) is 5.58. The highest BCUT2D eigenvalue weighted by Crippen LogP contribution is 2.24. The number of carboxylic acid groups (broad SMARTS) is 1. The predicted molar refractivity (Wildman–Crippen MR) is 65.1 cm³/mol. The van der Waals surface area contributed by atoms with Gasteiger partial charge < -0.3 is 15.0 Å². The molecule has 0 bridgehead atoms. The maximum Gasteiger partial charge on any atom is 0.303 e. The van der Waals surface area contributed by atoms with Gasteiger partial charge in [-0.2, -0.15) is 0 Å². The quantitative estimate of drug-likeness (QED) is 0.773. The summed E-state index contributed by atoms with van der Waals surface area (Å²) in [4.78, 5) is 21.0. The summed E-state index contributed by atoms with van der Waals surface area (Å²) in [6.07, 6.45) is 0.807. The number of benzene rings is 1. The minimum atomic E-state index is -0.935. The summed E-state index contributed by atoms with van der Waals surface area (Å²) in [6.45, 7) is 4.00. The summed E-state index contributed by atoms with van der Waals surface area (Å²) in [5, 5.41) is 17.7. The molecule has 17 heavy (non-hydrogen) atoms. The molecule has 1 atom stereocenters. The molecule has 0 heterocycles. The van der Waals surface area contributed by atoms with Crippen LogP contribution in [0.2, 0.25) is 0 Å². The van der Waals surface area contributed by atoms with E-state index in [0.29, 0.717) is 6.29 Å². The number of phenolic OH excluding ortho intramolecular Hbond substituents is 1. The van der Waals surface area contributed by atoms with Crippen LogP contribution in [0.5, 0.6) is 5.75 Å². The Hall–Kier alpha value is -1.84. The topological polar surface area (TPSA) is 74.6 Å². The van der Waals surface area contributed by atoms with Crippen LogP contribution in [0.3, 0.4) is 0 Å². The third kappa shape index (κ3) is 5.70. The minimum Gasteiger partial charge on any atom is -0.508 e. The van der Waals surface area contributed by atoms with Crippen molar-refractivity contribution in [2.75, 3.05) is 0 Å². The summed E-state index contributed by atoms with van der Waals surface area (Å²) in [7, 11) is 0. The maximum absolute atomic E-state index is 10.6. The zero-order valence-corrected chi connectivity index (χ0v) is 10.1. The Morgan fingerprint density at radius 2 is 1.82 bits per heavy atom. The number of phenols is 1. The summed E-state index contributed by atoms with van der Waals surface area (Å²) < 4.78 is 0. The van der Waals surface area contributed by atoms with Gasteiger partial charge in [-0.25, -0.2) is 0 Å². The molecule has 94 valence electrons. The Labute approximate surface area is 101 Å². The second-order valence-corrected chi connectivity index (χ2v) is 3.29. The van der Waals surface area contributed by atoms with Crippen LogP contribution < -0.4 is 0 Å². The maximum atomic E-state index is 10.6. The first-order valence-corrected chi connectivity index (χ1v) is 5.58. The van der Waals surface area contributed by atoms with Crippen molar-refractivity contribution in [3.05, 3.63) is 29.8 Å². The Balaban J connectivity index is 0.00000121. The molecular weight excluding hydrogens is 220 g/mol. The average molecular weight is 238 g/mol. The fourth-order valence-corrected chi connectivity index (χ4v) is 1.41. The van der Waals surface area contributed by atoms with E-state index in [1.54, 1.807) is 12.1 Å². The lowest BCUT2D eigenvalue weighted by Gasteiger charge is -2.11. The second-order valence-electron chi connectivity index (χ2n) is 3.29. The summed E-state index contributed by atoms with van der Waals surface area (Å²) in [5.41, 5.74) is 0.752. The van der Waals surface area contributed by atoms with Crippen LogP contribution in [0.25, 0.3) is 0 Å². The number of hydrogen-bond donors (Lipinski definition) is 2. The lowest BCUT2D eigenvalue weighted by molar-refractivity contribution is -0.137. The van der Waals surface area contributed by atoms with Gasteiger partial charge in [-0.15, -0.1) is 0 Å². The van der Waals surface area contributed by atoms with E-state index >= 15 is 0 Å². The molecule has 0 saturated carbocycles. The molecule has 0 aromatic heterocycles. The fraction of sp³-hybridized carbons (Fsp3) is 0.385. The van der Waals surface area contributed by atoms with E-state index in [-0.39, 0.29) is 24.5 Å². The van der Waals surface area contributed by atoms with E-state index in [4.69, 9.17) is 10.2 Å². The van der Waals surface area contributed by atoms with Crippen LogP contribution >= 0.6 is 0 Å². The van der Waals surface area contributed by atoms with Gasteiger partial charge >= 0.3 is 5.97 Å². The van der Waals surface area contributed by atoms with Crippen LogP contribution in [0.1, 0.15) is 38.2 Å². The molecule has 0 amide bonds. The smallest absolute Gasteiger partial charge is 0.303 e. The van der Waals surface area contributed by atoms with Crippen molar-refractivity contribution in [3.8, 4) is 5.75 Å². The van der Waals surface area contributed by atoms with Gasteiger partial charge in [0.2, 0.25) is 0 Å². The molecule has 0 aliphatic heterocycles. The van der Waals surface area contributed by atoms with Gasteiger partial charge in [-0.05, 0) is 17.7 Å². The van der Waals surface area contributed by atoms with Crippen molar-refractivity contribution in [1.29, 1.82) is 0 Å². The van der Waals surface area contributed by atoms with Gasteiger partial charge in [-0.1, -0.05) is 26.0 Å². The summed E-state index contributed by atoms with van der Waals surface area (Å²) in [5.74, 6) is -1.13. The van der Waals surface area contributed by atoms with Gasteiger partial charge in [0.05, 0.1) is 6.42 Å². The summed E-state index contributed by atoms with van der Waals surface area (Å²) in [6, 6.07) is 6.23. The molecule has 1 aromatic carbocycles. The predicted octanol–water partition coefficient (Wildman–Crippen LogP) is 2.57. The highest BCUT2D eigenvalue weighted by atomic mass is 16.4. The fourth-order valence-electron chi connectivity index (χ4n) is 1.41. The van der Waals surface area contributed by atoms with E-state index in [1.807, 2.05) is 13.8 Å². The van der Waals surface area contributed by atoms with Crippen LogP contribution in [0, 0.1) is 0 Å². The van der Waals surface area contributed by atoms with Crippen molar-refractivity contribution in [2.24, 2.45) is 0 Å². The van der Waals surface area contributed by atoms with Crippen LogP contribution in [0.4, 0.5) is 0 Å². The summed E-state index contributed by atoms with van der Waals surface area (Å²) >= 11 is 0. The third-order valence-corrected chi connectivity index (χ3v) is 2.17. The molecule has 0 aliphatic rings. The molecule has 2 N–H and O–H groups in total. The number of carbonyl (C=O) groups is 2. The van der Waals surface area contributed by atoms with Crippen molar-refractivity contribution in [2.45, 2.75) is 32.6 Å². The highest BCUT2D eigenvalue weighted by molar-refractivity contribution is 5.69. The Morgan fingerprint density at radius 1 is 1.29 bits per heavy atom. The molecule has 0 spiro atoms. The third-order valence-electron chi connectivity index (χ3n) is 2.17. The SMILES string of the molecule is CC.O=CCC(CC(=O)O)c1ccc(O)cc1. The van der Waals surface area contributed by atoms with Gasteiger partial charge in [-0.3, -0.25) is 4.79 Å². The van der Waals surface area contributed by atoms with Crippen LogP contribution in [-0.4, -0.2) is 22.5 Å². The monoisotopic (exact) mass is 238 g/mol. The Morgan fingerprint density at radius 3 is 2.24 bits per heavy atom. The van der Waals surface area contributed by atoms with Crippen LogP contribution in [-0.2, 0) is 9.59 Å². The van der Waals surface area contributed by atoms with E-state index in [9.17, 15) is 9.59 Å². The van der Waals surface area contributed by atoms with Crippen molar-refractivity contribution >= 4 is 12.3 Å². The number of aldehydes is 1. The van der Waals surface area contributed by atoms with Gasteiger partial charge in [0, 0.05) is 12.3 Å². The van der Waals surface area contributed by atoms with E-state index < -0.39 is 5.97 Å². The molecular formula is C13H18O4. The molecule has 0 saturated heterocycles. The number of aromatic hydroxyl groups is 1. The number of carboxylic acids is 1. The van der Waals surface area contributed by atoms with Crippen molar-refractivity contribution in [1.82, 2.24) is 0 Å². The number of carbonyl (C=O) groups excluding carboxylic acids is 1. The van der Waals surface area contributed by atoms with Crippen molar-refractivity contribution < 1.29 is 19.8 Å². The van der Waals surface area contributed by atoms with E-state index in [2.05, 4.69) is 0 Å². The van der Waals surface area contributed by atoms with Gasteiger partial charge in [0.25, 0.3) is 0 Å². The first-order chi connectivity index (χ1) is 8.13. The van der Waals surface area contributed by atoms with Crippen molar-refractivity contribution in [3.63, 3.8) is 0 Å². The Kier molecular flexibility index (Phi) is 7.43. The zero-order valence-electron chi connectivity index (χ0n) is 10.1. The molecule has 0 radical (unpaired) electrons. The second kappa shape index (κ2) is 8.33. The standard InChI is InChI=1S/C11H12O4.C2H6/c12-6-5-9(7-11(14)15)8-1-3-10(13)4-2-8;1-2/h1-4,6,9,13H,5,7H2,(H,14,15);1-2H3. The van der Waals surface area contributed by atoms with E-state index in [0.717, 1.165) is 5.56 Å². The number of rotatable bonds is 5. The number of aliphatic carboxylic acids is 1. The molecule has 0 fully saturated rings. The molecule has 4 nitrogen and oxygen atoms in total. The lowest BCUT2D eigenvalue weighted by Crippen LogP contribution is -2.06. The number of hydrogen-bond acceptors (Lipinski definition) is 3.